The molecule has 1 heterocycles. The van der Waals surface area contributed by atoms with Crippen molar-refractivity contribution in [2.75, 3.05) is 11.9 Å². The number of anilines is 1. The van der Waals surface area contributed by atoms with Gasteiger partial charge in [0.15, 0.2) is 0 Å². The minimum atomic E-state index is -0.415. The zero-order valence-electron chi connectivity index (χ0n) is 16.2. The molecule has 0 radical (unpaired) electrons. The molecule has 5 heteroatoms. The minimum Gasteiger partial charge on any atom is -0.449 e. The molecular formula is C24H23N3O2. The number of hydrogen-bond donors (Lipinski definition) is 1. The number of carbonyl (C=O) groups is 1. The monoisotopic (exact) mass is 385 g/mol. The Kier molecular flexibility index (Phi) is 5.56. The fourth-order valence-electron chi connectivity index (χ4n) is 3.56. The van der Waals surface area contributed by atoms with Crippen molar-refractivity contribution in [2.45, 2.75) is 19.0 Å². The van der Waals surface area contributed by atoms with Gasteiger partial charge in [-0.1, -0.05) is 78.9 Å². The van der Waals surface area contributed by atoms with Gasteiger partial charge in [0.05, 0.1) is 12.6 Å². The van der Waals surface area contributed by atoms with E-state index in [-0.39, 0.29) is 12.1 Å². The van der Waals surface area contributed by atoms with Crippen LogP contribution in [0.5, 0.6) is 0 Å². The molecule has 3 aromatic carbocycles. The van der Waals surface area contributed by atoms with E-state index in [1.807, 2.05) is 97.9 Å². The number of guanidine groups is 1. The molecule has 0 unspecified atom stereocenters. The lowest BCUT2D eigenvalue weighted by Gasteiger charge is -2.28. The van der Waals surface area contributed by atoms with Crippen LogP contribution in [0.3, 0.4) is 0 Å². The number of rotatable bonds is 4. The number of nitrogens with zero attached hydrogens (tertiary/aromatic N) is 2. The molecule has 3 aromatic rings. The molecule has 0 spiro atoms. The molecular weight excluding hydrogens is 362 g/mol. The Labute approximate surface area is 170 Å². The van der Waals surface area contributed by atoms with Crippen molar-refractivity contribution in [3.63, 3.8) is 0 Å². The lowest BCUT2D eigenvalue weighted by molar-refractivity contribution is 0.117. The summed E-state index contributed by atoms with van der Waals surface area (Å²) in [4.78, 5) is 19.5. The maximum atomic E-state index is 13.0. The van der Waals surface area contributed by atoms with Gasteiger partial charge in [0.2, 0.25) is 5.96 Å². The van der Waals surface area contributed by atoms with Crippen LogP contribution in [0.1, 0.15) is 30.1 Å². The molecule has 146 valence electrons. The molecule has 1 N–H and O–H groups in total. The van der Waals surface area contributed by atoms with Gasteiger partial charge >= 0.3 is 6.09 Å². The third kappa shape index (κ3) is 3.99. The van der Waals surface area contributed by atoms with E-state index in [9.17, 15) is 4.79 Å². The van der Waals surface area contributed by atoms with E-state index in [4.69, 9.17) is 9.73 Å². The molecule has 0 aromatic heterocycles. The third-order valence-electron chi connectivity index (χ3n) is 4.84. The predicted molar refractivity (Wildman–Crippen MR) is 115 cm³/mol. The zero-order valence-corrected chi connectivity index (χ0v) is 16.2. The lowest BCUT2D eigenvalue weighted by Crippen LogP contribution is -2.41. The summed E-state index contributed by atoms with van der Waals surface area (Å²) in [7, 11) is 0. The predicted octanol–water partition coefficient (Wildman–Crippen LogP) is 5.41. The highest BCUT2D eigenvalue weighted by Crippen LogP contribution is 2.42. The standard InChI is InChI=1S/C24H23N3O2/c1-2-29-24(28)27-22(19-14-8-4-9-15-19)21(18-12-6-3-7-13-18)26-23(27)25-20-16-10-5-11-17-20/h3-17,21-22H,2H2,1H3,(H,25,26)/t21-,22-/m0/s1. The molecule has 5 nitrogen and oxygen atoms in total. The Balaban J connectivity index is 1.79. The minimum absolute atomic E-state index is 0.241. The number of amides is 1. The average Bonchev–Trinajstić information content (AvgIpc) is 3.15. The molecule has 0 aliphatic carbocycles. The Morgan fingerprint density at radius 2 is 1.45 bits per heavy atom. The maximum absolute atomic E-state index is 13.0. The van der Waals surface area contributed by atoms with Crippen LogP contribution in [0.15, 0.2) is 96.0 Å². The topological polar surface area (TPSA) is 53.9 Å². The van der Waals surface area contributed by atoms with Crippen molar-refractivity contribution in [3.05, 3.63) is 102 Å². The fourth-order valence-corrected chi connectivity index (χ4v) is 3.56. The highest BCUT2D eigenvalue weighted by molar-refractivity contribution is 6.04. The highest BCUT2D eigenvalue weighted by Gasteiger charge is 2.42. The lowest BCUT2D eigenvalue weighted by atomic mass is 9.94. The highest BCUT2D eigenvalue weighted by atomic mass is 16.6. The van der Waals surface area contributed by atoms with Gasteiger partial charge in [0.1, 0.15) is 6.04 Å². The van der Waals surface area contributed by atoms with Crippen LogP contribution in [0, 0.1) is 0 Å². The maximum Gasteiger partial charge on any atom is 0.417 e. The smallest absolute Gasteiger partial charge is 0.417 e. The molecule has 29 heavy (non-hydrogen) atoms. The number of aliphatic imine (C=N–C) groups is 1. The van der Waals surface area contributed by atoms with Gasteiger partial charge in [-0.05, 0) is 30.2 Å². The summed E-state index contributed by atoms with van der Waals surface area (Å²) >= 11 is 0. The second kappa shape index (κ2) is 8.61. The second-order valence-electron chi connectivity index (χ2n) is 6.72. The van der Waals surface area contributed by atoms with Crippen LogP contribution in [0.25, 0.3) is 0 Å². The van der Waals surface area contributed by atoms with Gasteiger partial charge < -0.3 is 10.1 Å². The average molecular weight is 385 g/mol. The van der Waals surface area contributed by atoms with E-state index in [1.165, 1.54) is 0 Å². The summed E-state index contributed by atoms with van der Waals surface area (Å²) in [6.45, 7) is 2.10. The summed E-state index contributed by atoms with van der Waals surface area (Å²) in [5.74, 6) is 0.484. The van der Waals surface area contributed by atoms with Crippen molar-refractivity contribution in [2.24, 2.45) is 4.99 Å². The first-order chi connectivity index (χ1) is 14.3. The van der Waals surface area contributed by atoms with Crippen molar-refractivity contribution in [1.29, 1.82) is 0 Å². The molecule has 4 rings (SSSR count). The normalized spacial score (nSPS) is 18.2. The van der Waals surface area contributed by atoms with Crippen molar-refractivity contribution >= 4 is 17.7 Å². The molecule has 0 saturated carbocycles. The van der Waals surface area contributed by atoms with E-state index >= 15 is 0 Å². The Morgan fingerprint density at radius 1 is 0.897 bits per heavy atom. The van der Waals surface area contributed by atoms with Gasteiger partial charge in [-0.3, -0.25) is 0 Å². The van der Waals surface area contributed by atoms with E-state index in [2.05, 4.69) is 5.32 Å². The second-order valence-corrected chi connectivity index (χ2v) is 6.72. The quantitative estimate of drug-likeness (QED) is 0.653. The third-order valence-corrected chi connectivity index (χ3v) is 4.84. The van der Waals surface area contributed by atoms with Crippen LogP contribution in [-0.2, 0) is 4.74 Å². The first-order valence-electron chi connectivity index (χ1n) is 9.73. The van der Waals surface area contributed by atoms with Crippen LogP contribution in [0.4, 0.5) is 10.5 Å². The number of para-hydroxylation sites is 1. The van der Waals surface area contributed by atoms with Crippen molar-refractivity contribution < 1.29 is 9.53 Å². The first kappa shape index (κ1) is 18.7. The molecule has 2 atom stereocenters. The van der Waals surface area contributed by atoms with E-state index in [1.54, 1.807) is 4.90 Å². The molecule has 1 aliphatic rings. The van der Waals surface area contributed by atoms with Crippen molar-refractivity contribution in [1.82, 2.24) is 4.90 Å². The molecule has 0 fully saturated rings. The SMILES string of the molecule is CCOC(=O)N1C(Nc2ccccc2)=N[C@@H](c2ccccc2)[C@@H]1c1ccccc1. The summed E-state index contributed by atoms with van der Waals surface area (Å²) in [5, 5.41) is 3.30. The zero-order chi connectivity index (χ0) is 20.1. The Hall–Kier alpha value is -3.60. The van der Waals surface area contributed by atoms with Crippen LogP contribution >= 0.6 is 0 Å². The summed E-state index contributed by atoms with van der Waals surface area (Å²) < 4.78 is 5.40. The van der Waals surface area contributed by atoms with E-state index in [0.29, 0.717) is 12.6 Å². The van der Waals surface area contributed by atoms with Crippen LogP contribution in [-0.4, -0.2) is 23.6 Å². The first-order valence-corrected chi connectivity index (χ1v) is 9.73. The number of carbonyl (C=O) groups excluding carboxylic acids is 1. The number of ether oxygens (including phenoxy) is 1. The number of benzene rings is 3. The largest absolute Gasteiger partial charge is 0.449 e. The summed E-state index contributed by atoms with van der Waals surface area (Å²) in [6.07, 6.45) is -0.415. The molecule has 1 amide bonds. The fraction of sp³-hybridized carbons (Fsp3) is 0.167. The Morgan fingerprint density at radius 3 is 2.03 bits per heavy atom. The van der Waals surface area contributed by atoms with Gasteiger partial charge in [-0.2, -0.15) is 0 Å². The number of hydrogen-bond acceptors (Lipinski definition) is 4. The van der Waals surface area contributed by atoms with Crippen molar-refractivity contribution in [3.8, 4) is 0 Å². The van der Waals surface area contributed by atoms with Gasteiger partial charge in [0, 0.05) is 5.69 Å². The molecule has 0 bridgehead atoms. The summed E-state index contributed by atoms with van der Waals surface area (Å²) in [6, 6.07) is 29.2. The van der Waals surface area contributed by atoms with Crippen LogP contribution in [0.2, 0.25) is 0 Å². The summed E-state index contributed by atoms with van der Waals surface area (Å²) in [5.41, 5.74) is 2.91. The van der Waals surface area contributed by atoms with E-state index in [0.717, 1.165) is 16.8 Å². The number of nitrogens with one attached hydrogen (secondary N) is 1. The van der Waals surface area contributed by atoms with E-state index < -0.39 is 6.09 Å². The molecule has 0 saturated heterocycles. The van der Waals surface area contributed by atoms with Gasteiger partial charge in [-0.25, -0.2) is 14.7 Å². The van der Waals surface area contributed by atoms with Gasteiger partial charge in [-0.15, -0.1) is 0 Å². The van der Waals surface area contributed by atoms with Gasteiger partial charge in [0.25, 0.3) is 0 Å². The molecule has 1 aliphatic heterocycles. The Bertz CT molecular complexity index is 975. The van der Waals surface area contributed by atoms with Crippen LogP contribution < -0.4 is 5.32 Å².